The molecule has 0 radical (unpaired) electrons. The number of hydrogen-bond acceptors (Lipinski definition) is 4. The fourth-order valence-corrected chi connectivity index (χ4v) is 2.85. The van der Waals surface area contributed by atoms with E-state index in [1.54, 1.807) is 37.3 Å². The molecule has 1 N–H and O–H groups in total. The van der Waals surface area contributed by atoms with E-state index in [0.29, 0.717) is 5.56 Å². The van der Waals surface area contributed by atoms with Gasteiger partial charge in [-0.3, -0.25) is 0 Å². The monoisotopic (exact) mass is 363 g/mol. The van der Waals surface area contributed by atoms with Crippen LogP contribution in [0, 0.1) is 12.7 Å². The van der Waals surface area contributed by atoms with E-state index < -0.39 is 16.2 Å². The summed E-state index contributed by atoms with van der Waals surface area (Å²) in [5.41, 5.74) is 2.30. The lowest BCUT2D eigenvalue weighted by molar-refractivity contribution is 0.203. The van der Waals surface area contributed by atoms with Gasteiger partial charge in [0.05, 0.1) is 0 Å². The SMILES string of the molecule is C/C(=C/CNC(=O)OS(=O)(=O)c1ccc(C)cc1)c1cccc(F)c1. The molecule has 2 aromatic rings. The van der Waals surface area contributed by atoms with Crippen LogP contribution in [0.15, 0.2) is 59.5 Å². The van der Waals surface area contributed by atoms with Gasteiger partial charge in [-0.2, -0.15) is 8.42 Å². The van der Waals surface area contributed by atoms with Gasteiger partial charge in [0.25, 0.3) is 0 Å². The van der Waals surface area contributed by atoms with Gasteiger partial charge in [0.15, 0.2) is 0 Å². The first-order chi connectivity index (χ1) is 11.8. The molecular weight excluding hydrogens is 345 g/mol. The summed E-state index contributed by atoms with van der Waals surface area (Å²) in [6.45, 7) is 3.62. The summed E-state index contributed by atoms with van der Waals surface area (Å²) in [5.74, 6) is -0.359. The molecule has 0 unspecified atom stereocenters. The Labute approximate surface area is 146 Å². The lowest BCUT2D eigenvalue weighted by atomic mass is 10.1. The van der Waals surface area contributed by atoms with E-state index in [4.69, 9.17) is 0 Å². The third kappa shape index (κ3) is 5.42. The van der Waals surface area contributed by atoms with E-state index in [9.17, 15) is 17.6 Å². The van der Waals surface area contributed by atoms with E-state index >= 15 is 0 Å². The van der Waals surface area contributed by atoms with E-state index in [0.717, 1.165) is 11.1 Å². The van der Waals surface area contributed by atoms with Crippen LogP contribution in [-0.2, 0) is 14.3 Å². The lowest BCUT2D eigenvalue weighted by Gasteiger charge is -2.07. The average Bonchev–Trinajstić information content (AvgIpc) is 2.54. The first kappa shape index (κ1) is 18.7. The van der Waals surface area contributed by atoms with E-state index in [1.165, 1.54) is 24.3 Å². The zero-order valence-electron chi connectivity index (χ0n) is 13.8. The smallest absolute Gasteiger partial charge is 0.324 e. The predicted molar refractivity (Wildman–Crippen MR) is 92.9 cm³/mol. The molecule has 0 aliphatic heterocycles. The van der Waals surface area contributed by atoms with Crippen molar-refractivity contribution < 1.29 is 21.8 Å². The third-order valence-corrected chi connectivity index (χ3v) is 4.65. The van der Waals surface area contributed by atoms with Crippen molar-refractivity contribution in [2.45, 2.75) is 18.7 Å². The maximum Gasteiger partial charge on any atom is 0.423 e. The molecule has 0 aromatic heterocycles. The molecule has 132 valence electrons. The maximum atomic E-state index is 13.2. The molecule has 0 bridgehead atoms. The summed E-state index contributed by atoms with van der Waals surface area (Å²) in [6, 6.07) is 12.0. The fourth-order valence-electron chi connectivity index (χ4n) is 2.02. The quantitative estimate of drug-likeness (QED) is 0.823. The maximum absolute atomic E-state index is 13.2. The lowest BCUT2D eigenvalue weighted by Crippen LogP contribution is -2.27. The summed E-state index contributed by atoms with van der Waals surface area (Å²) >= 11 is 0. The predicted octanol–water partition coefficient (Wildman–Crippen LogP) is 3.65. The molecule has 0 heterocycles. The number of carbonyl (C=O) groups is 1. The second-order valence-electron chi connectivity index (χ2n) is 5.42. The van der Waals surface area contributed by atoms with Crippen LogP contribution in [0.25, 0.3) is 5.57 Å². The number of allylic oxidation sites excluding steroid dienone is 1. The Kier molecular flexibility index (Phi) is 5.93. The number of benzene rings is 2. The average molecular weight is 363 g/mol. The highest BCUT2D eigenvalue weighted by Crippen LogP contribution is 2.15. The van der Waals surface area contributed by atoms with E-state index in [-0.39, 0.29) is 17.3 Å². The third-order valence-electron chi connectivity index (χ3n) is 3.43. The molecule has 0 saturated carbocycles. The number of nitrogens with one attached hydrogen (secondary N) is 1. The Balaban J connectivity index is 1.94. The van der Waals surface area contributed by atoms with Crippen molar-refractivity contribution in [1.82, 2.24) is 5.32 Å². The van der Waals surface area contributed by atoms with Crippen molar-refractivity contribution in [1.29, 1.82) is 0 Å². The normalized spacial score (nSPS) is 11.9. The molecule has 2 aromatic carbocycles. The van der Waals surface area contributed by atoms with Gasteiger partial charge in [-0.1, -0.05) is 35.9 Å². The van der Waals surface area contributed by atoms with Crippen molar-refractivity contribution in [2.24, 2.45) is 0 Å². The zero-order chi connectivity index (χ0) is 18.4. The number of carbonyl (C=O) groups excluding carboxylic acids is 1. The van der Waals surface area contributed by atoms with Crippen molar-refractivity contribution in [3.05, 3.63) is 71.6 Å². The minimum Gasteiger partial charge on any atom is -0.324 e. The Morgan fingerprint density at radius 1 is 1.20 bits per heavy atom. The molecule has 1 amide bonds. The van der Waals surface area contributed by atoms with Gasteiger partial charge in [-0.25, -0.2) is 9.18 Å². The van der Waals surface area contributed by atoms with Crippen LogP contribution in [0.1, 0.15) is 18.1 Å². The Hall–Kier alpha value is -2.67. The van der Waals surface area contributed by atoms with Crippen molar-refractivity contribution in [3.8, 4) is 0 Å². The number of aryl methyl sites for hydroxylation is 1. The standard InChI is InChI=1S/C18H18FNO4S/c1-13-6-8-17(9-7-13)25(22,23)24-18(21)20-11-10-14(2)15-4-3-5-16(19)12-15/h3-10,12H,11H2,1-2H3,(H,20,21)/b14-10-. The zero-order valence-corrected chi connectivity index (χ0v) is 14.6. The summed E-state index contributed by atoms with van der Waals surface area (Å²) < 4.78 is 41.6. The van der Waals surface area contributed by atoms with Crippen molar-refractivity contribution >= 4 is 21.8 Å². The van der Waals surface area contributed by atoms with Gasteiger partial charge in [0.2, 0.25) is 0 Å². The first-order valence-corrected chi connectivity index (χ1v) is 8.90. The summed E-state index contributed by atoms with van der Waals surface area (Å²) in [5, 5.41) is 2.32. The summed E-state index contributed by atoms with van der Waals surface area (Å²) in [6.07, 6.45) is 0.554. The second kappa shape index (κ2) is 7.94. The molecule has 7 heteroatoms. The van der Waals surface area contributed by atoms with Gasteiger partial charge in [0.1, 0.15) is 10.7 Å². The fraction of sp³-hybridized carbons (Fsp3) is 0.167. The highest BCUT2D eigenvalue weighted by atomic mass is 32.2. The minimum absolute atomic E-state index is 0.0462. The topological polar surface area (TPSA) is 72.5 Å². The highest BCUT2D eigenvalue weighted by molar-refractivity contribution is 7.87. The molecule has 0 saturated heterocycles. The number of halogens is 1. The largest absolute Gasteiger partial charge is 0.423 e. The first-order valence-electron chi connectivity index (χ1n) is 7.49. The van der Waals surface area contributed by atoms with Crippen LogP contribution < -0.4 is 5.32 Å². The van der Waals surface area contributed by atoms with Crippen LogP contribution in [0.5, 0.6) is 0 Å². The van der Waals surface area contributed by atoms with Crippen LogP contribution in [0.3, 0.4) is 0 Å². The number of hydrogen-bond donors (Lipinski definition) is 1. The molecule has 0 atom stereocenters. The van der Waals surface area contributed by atoms with Crippen molar-refractivity contribution in [3.63, 3.8) is 0 Å². The van der Waals surface area contributed by atoms with Gasteiger partial charge in [-0.15, -0.1) is 0 Å². The van der Waals surface area contributed by atoms with Crippen LogP contribution >= 0.6 is 0 Å². The Morgan fingerprint density at radius 2 is 1.88 bits per heavy atom. The molecule has 25 heavy (non-hydrogen) atoms. The van der Waals surface area contributed by atoms with Crippen LogP contribution in [-0.4, -0.2) is 21.1 Å². The Bertz CT molecular complexity index is 890. The van der Waals surface area contributed by atoms with Gasteiger partial charge in [-0.05, 0) is 49.2 Å². The molecule has 5 nitrogen and oxygen atoms in total. The van der Waals surface area contributed by atoms with E-state index in [1.807, 2.05) is 6.92 Å². The number of amides is 1. The second-order valence-corrected chi connectivity index (χ2v) is 6.96. The van der Waals surface area contributed by atoms with Gasteiger partial charge >= 0.3 is 16.2 Å². The summed E-state index contributed by atoms with van der Waals surface area (Å²) in [4.78, 5) is 11.6. The van der Waals surface area contributed by atoms with E-state index in [2.05, 4.69) is 9.50 Å². The minimum atomic E-state index is -4.17. The highest BCUT2D eigenvalue weighted by Gasteiger charge is 2.19. The molecule has 0 fully saturated rings. The molecule has 0 spiro atoms. The molecule has 0 aliphatic rings. The van der Waals surface area contributed by atoms with Crippen LogP contribution in [0.2, 0.25) is 0 Å². The summed E-state index contributed by atoms with van der Waals surface area (Å²) in [7, 11) is -4.17. The Morgan fingerprint density at radius 3 is 2.52 bits per heavy atom. The van der Waals surface area contributed by atoms with Gasteiger partial charge in [0, 0.05) is 6.54 Å². The van der Waals surface area contributed by atoms with Crippen molar-refractivity contribution in [2.75, 3.05) is 6.54 Å². The molecular formula is C18H18FNO4S. The molecule has 0 aliphatic carbocycles. The van der Waals surface area contributed by atoms with Gasteiger partial charge < -0.3 is 9.50 Å². The number of rotatable bonds is 5. The van der Waals surface area contributed by atoms with Crippen LogP contribution in [0.4, 0.5) is 9.18 Å². The molecule has 2 rings (SSSR count).